The second-order valence-electron chi connectivity index (χ2n) is 7.27. The Bertz CT molecular complexity index is 579. The molecule has 0 unspecified atom stereocenters. The van der Waals surface area contributed by atoms with Crippen molar-refractivity contribution in [1.82, 2.24) is 0 Å². The molecule has 2 aromatic heterocycles. The van der Waals surface area contributed by atoms with Crippen molar-refractivity contribution in [2.24, 2.45) is 0 Å². The second kappa shape index (κ2) is 13.9. The third kappa shape index (κ3) is 9.92. The van der Waals surface area contributed by atoms with Crippen LogP contribution in [-0.2, 0) is 13.0 Å². The van der Waals surface area contributed by atoms with E-state index in [9.17, 15) is 0 Å². The Morgan fingerprint density at radius 3 is 1.37 bits per heavy atom. The Labute approximate surface area is 196 Å². The average molecular weight is 577 g/mol. The van der Waals surface area contributed by atoms with Gasteiger partial charge >= 0.3 is 0 Å². The van der Waals surface area contributed by atoms with Gasteiger partial charge in [0, 0.05) is 29.5 Å². The lowest BCUT2D eigenvalue weighted by Gasteiger charge is -2.36. The maximum absolute atomic E-state index is 8.54. The minimum absolute atomic E-state index is 0.149. The zero-order chi connectivity index (χ0) is 21.2. The standard InChI is InChI=1S/C9H21ClSi.C6H7BrS.C5H5BrOS/c1-7(2)11(10,8(3)4)9(5)6;1-2-6-3-5(7)4-8-6;6-4-1-5(2-7)8-3-4/h7-9H,1-6H3;3-4H,2H2,1H3;1,3,7H,2H2. The van der Waals surface area contributed by atoms with Crippen LogP contribution < -0.4 is 0 Å². The van der Waals surface area contributed by atoms with Gasteiger partial charge in [-0.2, -0.15) is 11.1 Å². The summed E-state index contributed by atoms with van der Waals surface area (Å²) in [5.41, 5.74) is 2.05. The van der Waals surface area contributed by atoms with Crippen LogP contribution in [0.3, 0.4) is 0 Å². The van der Waals surface area contributed by atoms with Gasteiger partial charge in [0.1, 0.15) is 0 Å². The molecule has 1 nitrogen and oxygen atoms in total. The molecule has 27 heavy (non-hydrogen) atoms. The zero-order valence-corrected chi connectivity index (χ0v) is 23.9. The molecule has 0 bridgehead atoms. The van der Waals surface area contributed by atoms with E-state index in [2.05, 4.69) is 91.8 Å². The fraction of sp³-hybridized carbons (Fsp3) is 0.600. The lowest BCUT2D eigenvalue weighted by atomic mass is 10.4. The molecule has 1 N–H and O–H groups in total. The first-order valence-corrected chi connectivity index (χ1v) is 15.8. The van der Waals surface area contributed by atoms with Gasteiger partial charge in [0.25, 0.3) is 0 Å². The first-order valence-electron chi connectivity index (χ1n) is 9.24. The summed E-state index contributed by atoms with van der Waals surface area (Å²) in [6, 6.07) is 4.06. The molecule has 0 radical (unpaired) electrons. The highest BCUT2D eigenvalue weighted by molar-refractivity contribution is 9.10. The Morgan fingerprint density at radius 2 is 1.26 bits per heavy atom. The van der Waals surface area contributed by atoms with Crippen molar-refractivity contribution in [1.29, 1.82) is 0 Å². The van der Waals surface area contributed by atoms with Crippen LogP contribution in [0.5, 0.6) is 0 Å². The minimum Gasteiger partial charge on any atom is -0.391 e. The number of hydrogen-bond acceptors (Lipinski definition) is 3. The van der Waals surface area contributed by atoms with E-state index in [-0.39, 0.29) is 6.61 Å². The summed E-state index contributed by atoms with van der Waals surface area (Å²) in [5, 5.41) is 12.6. The van der Waals surface area contributed by atoms with E-state index in [1.165, 1.54) is 9.35 Å². The van der Waals surface area contributed by atoms with Crippen LogP contribution in [0.25, 0.3) is 0 Å². The second-order valence-corrected chi connectivity index (χ2v) is 18.2. The van der Waals surface area contributed by atoms with E-state index in [1.807, 2.05) is 11.4 Å². The Hall–Kier alpha value is 0.827. The summed E-state index contributed by atoms with van der Waals surface area (Å²) in [4.78, 5) is 2.44. The highest BCUT2D eigenvalue weighted by Crippen LogP contribution is 2.44. The molecular formula is C20H33Br2ClOS2Si. The Morgan fingerprint density at radius 1 is 0.889 bits per heavy atom. The summed E-state index contributed by atoms with van der Waals surface area (Å²) in [6.07, 6.45) is 1.15. The third-order valence-corrected chi connectivity index (χ3v) is 17.2. The molecule has 156 valence electrons. The van der Waals surface area contributed by atoms with Crippen molar-refractivity contribution in [3.8, 4) is 0 Å². The van der Waals surface area contributed by atoms with E-state index in [0.717, 1.165) is 15.8 Å². The molecule has 0 saturated carbocycles. The van der Waals surface area contributed by atoms with Crippen molar-refractivity contribution in [3.63, 3.8) is 0 Å². The number of halogens is 3. The maximum atomic E-state index is 8.54. The van der Waals surface area contributed by atoms with Gasteiger partial charge in [-0.3, -0.25) is 0 Å². The van der Waals surface area contributed by atoms with E-state index < -0.39 is 7.38 Å². The molecule has 2 heterocycles. The van der Waals surface area contributed by atoms with Crippen LogP contribution in [0.2, 0.25) is 16.6 Å². The fourth-order valence-electron chi connectivity index (χ4n) is 2.98. The molecule has 0 fully saturated rings. The van der Waals surface area contributed by atoms with Gasteiger partial charge in [-0.25, -0.2) is 0 Å². The Balaban J connectivity index is 0.000000381. The maximum Gasteiger partial charge on any atom is 0.164 e. The molecule has 2 aromatic rings. The predicted molar refractivity (Wildman–Crippen MR) is 136 cm³/mol. The molecular weight excluding hydrogens is 544 g/mol. The predicted octanol–water partition coefficient (Wildman–Crippen LogP) is 9.48. The van der Waals surface area contributed by atoms with Gasteiger partial charge in [0.15, 0.2) is 7.38 Å². The van der Waals surface area contributed by atoms with Gasteiger partial charge in [0.05, 0.1) is 6.61 Å². The first kappa shape index (κ1) is 27.8. The fourth-order valence-corrected chi connectivity index (χ4v) is 9.69. The summed E-state index contributed by atoms with van der Waals surface area (Å²) in [6.45, 7) is 15.9. The van der Waals surface area contributed by atoms with Gasteiger partial charge in [-0.15, -0.1) is 22.7 Å². The summed E-state index contributed by atoms with van der Waals surface area (Å²) >= 11 is 16.7. The monoisotopic (exact) mass is 574 g/mol. The van der Waals surface area contributed by atoms with Gasteiger partial charge in [-0.05, 0) is 67.0 Å². The van der Waals surface area contributed by atoms with Crippen molar-refractivity contribution in [2.45, 2.75) is 78.1 Å². The number of aliphatic hydroxyl groups excluding tert-OH is 1. The smallest absolute Gasteiger partial charge is 0.164 e. The molecule has 0 aliphatic rings. The molecule has 0 aliphatic carbocycles. The lowest BCUT2D eigenvalue weighted by Crippen LogP contribution is -2.37. The van der Waals surface area contributed by atoms with Gasteiger partial charge < -0.3 is 5.11 Å². The van der Waals surface area contributed by atoms with Crippen molar-refractivity contribution < 1.29 is 5.11 Å². The van der Waals surface area contributed by atoms with Gasteiger partial charge in [-0.1, -0.05) is 48.5 Å². The zero-order valence-electron chi connectivity index (χ0n) is 17.4. The van der Waals surface area contributed by atoms with Crippen molar-refractivity contribution in [3.05, 3.63) is 41.6 Å². The van der Waals surface area contributed by atoms with Crippen LogP contribution in [0.1, 0.15) is 58.2 Å². The van der Waals surface area contributed by atoms with Crippen LogP contribution in [0.4, 0.5) is 0 Å². The number of hydrogen-bond donors (Lipinski definition) is 1. The molecule has 0 spiro atoms. The average Bonchev–Trinajstić information content (AvgIpc) is 3.22. The third-order valence-electron chi connectivity index (χ3n) is 4.40. The number of aryl methyl sites for hydroxylation is 1. The number of aliphatic hydroxyl groups is 1. The normalized spacial score (nSPS) is 11.3. The van der Waals surface area contributed by atoms with Crippen LogP contribution >= 0.6 is 65.6 Å². The van der Waals surface area contributed by atoms with Crippen LogP contribution in [-0.4, -0.2) is 12.5 Å². The summed E-state index contributed by atoms with van der Waals surface area (Å²) < 4.78 is 2.26. The number of thiophene rings is 2. The Kier molecular flexibility index (Phi) is 14.4. The minimum atomic E-state index is -1.51. The molecule has 2 rings (SSSR count). The largest absolute Gasteiger partial charge is 0.391 e. The molecule has 0 saturated heterocycles. The SMILES string of the molecule is CC(C)[Si](Cl)(C(C)C)C(C)C.CCc1cc(Br)cs1.OCc1cc(Br)cs1. The molecule has 0 aliphatic heterocycles. The van der Waals surface area contributed by atoms with E-state index in [4.69, 9.17) is 16.2 Å². The van der Waals surface area contributed by atoms with Gasteiger partial charge in [0.2, 0.25) is 0 Å². The van der Waals surface area contributed by atoms with Crippen molar-refractivity contribution in [2.75, 3.05) is 0 Å². The van der Waals surface area contributed by atoms with Crippen LogP contribution in [0.15, 0.2) is 31.8 Å². The molecule has 0 amide bonds. The quantitative estimate of drug-likeness (QED) is 0.278. The number of rotatable bonds is 5. The highest BCUT2D eigenvalue weighted by Gasteiger charge is 2.40. The molecule has 0 aromatic carbocycles. The first-order chi connectivity index (χ1) is 12.5. The summed E-state index contributed by atoms with van der Waals surface area (Å²) in [5.74, 6) is 0. The van der Waals surface area contributed by atoms with E-state index in [1.54, 1.807) is 22.7 Å². The van der Waals surface area contributed by atoms with Crippen molar-refractivity contribution >= 4 is 73.0 Å². The molecule has 0 atom stereocenters. The summed E-state index contributed by atoms with van der Waals surface area (Å²) in [7, 11) is -1.51. The van der Waals surface area contributed by atoms with E-state index >= 15 is 0 Å². The van der Waals surface area contributed by atoms with E-state index in [0.29, 0.717) is 16.6 Å². The highest BCUT2D eigenvalue weighted by atomic mass is 79.9. The molecule has 7 heteroatoms. The lowest BCUT2D eigenvalue weighted by molar-refractivity contribution is 0.285. The van der Waals surface area contributed by atoms with Crippen LogP contribution in [0, 0.1) is 0 Å². The topological polar surface area (TPSA) is 20.2 Å².